The van der Waals surface area contributed by atoms with Crippen LogP contribution in [0.15, 0.2) is 42.7 Å². The zero-order valence-electron chi connectivity index (χ0n) is 10.4. The second kappa shape index (κ2) is 5.02. The molecule has 20 heavy (non-hydrogen) atoms. The number of benzene rings is 1. The fourth-order valence-electron chi connectivity index (χ4n) is 2.06. The number of nitriles is 1. The summed E-state index contributed by atoms with van der Waals surface area (Å²) < 4.78 is 10.5. The average molecular weight is 266 g/mol. The van der Waals surface area contributed by atoms with Gasteiger partial charge < -0.3 is 9.47 Å². The highest BCUT2D eigenvalue weighted by Gasteiger charge is 2.24. The van der Waals surface area contributed by atoms with Crippen LogP contribution in [-0.4, -0.2) is 17.6 Å². The lowest BCUT2D eigenvalue weighted by molar-refractivity contribution is 0.0978. The molecule has 0 amide bonds. The smallest absolute Gasteiger partial charge is 0.231 e. The lowest BCUT2D eigenvalue weighted by atomic mass is 9.92. The van der Waals surface area contributed by atoms with Crippen molar-refractivity contribution < 1.29 is 14.3 Å². The first-order chi connectivity index (χ1) is 9.79. The maximum atomic E-state index is 12.4. The van der Waals surface area contributed by atoms with Crippen LogP contribution in [0.25, 0.3) is 0 Å². The number of hydrogen-bond acceptors (Lipinski definition) is 5. The van der Waals surface area contributed by atoms with Crippen LogP contribution < -0.4 is 9.47 Å². The maximum Gasteiger partial charge on any atom is 0.231 e. The molecule has 1 aromatic heterocycles. The number of pyridine rings is 1. The van der Waals surface area contributed by atoms with Crippen molar-refractivity contribution in [3.63, 3.8) is 0 Å². The SMILES string of the molecule is N#CC(C(=O)c1ccncc1)c1ccc2c(c1)OCO2. The Bertz CT molecular complexity index is 692. The molecule has 1 atom stereocenters. The van der Waals surface area contributed by atoms with Gasteiger partial charge in [0.2, 0.25) is 6.79 Å². The van der Waals surface area contributed by atoms with Crippen molar-refractivity contribution >= 4 is 5.78 Å². The van der Waals surface area contributed by atoms with Crippen molar-refractivity contribution in [3.05, 3.63) is 53.9 Å². The van der Waals surface area contributed by atoms with Crippen LogP contribution >= 0.6 is 0 Å². The average Bonchev–Trinajstić information content (AvgIpc) is 2.96. The molecule has 1 aliphatic heterocycles. The molecule has 1 aliphatic rings. The van der Waals surface area contributed by atoms with E-state index < -0.39 is 5.92 Å². The second-order valence-electron chi connectivity index (χ2n) is 4.27. The first-order valence-electron chi connectivity index (χ1n) is 6.03. The van der Waals surface area contributed by atoms with Gasteiger partial charge in [-0.25, -0.2) is 0 Å². The molecule has 98 valence electrons. The van der Waals surface area contributed by atoms with Gasteiger partial charge in [-0.3, -0.25) is 9.78 Å². The summed E-state index contributed by atoms with van der Waals surface area (Å²) >= 11 is 0. The van der Waals surface area contributed by atoms with Crippen LogP contribution in [0.3, 0.4) is 0 Å². The predicted octanol–water partition coefficient (Wildman–Crippen LogP) is 2.30. The Morgan fingerprint density at radius 2 is 1.95 bits per heavy atom. The minimum absolute atomic E-state index is 0.161. The number of carbonyl (C=O) groups excluding carboxylic acids is 1. The number of ether oxygens (including phenoxy) is 2. The third kappa shape index (κ3) is 2.08. The molecular weight excluding hydrogens is 256 g/mol. The highest BCUT2D eigenvalue weighted by molar-refractivity contribution is 6.02. The molecule has 5 heteroatoms. The molecular formula is C15H10N2O3. The van der Waals surface area contributed by atoms with Gasteiger partial charge in [-0.05, 0) is 29.8 Å². The summed E-state index contributed by atoms with van der Waals surface area (Å²) in [6, 6.07) is 10.3. The third-order valence-electron chi connectivity index (χ3n) is 3.09. The lowest BCUT2D eigenvalue weighted by Gasteiger charge is -2.09. The maximum absolute atomic E-state index is 12.4. The largest absolute Gasteiger partial charge is 0.454 e. The molecule has 0 radical (unpaired) electrons. The van der Waals surface area contributed by atoms with Gasteiger partial charge in [0.25, 0.3) is 0 Å². The molecule has 0 aliphatic carbocycles. The topological polar surface area (TPSA) is 72.2 Å². The summed E-state index contributed by atoms with van der Waals surface area (Å²) in [6.45, 7) is 0.161. The van der Waals surface area contributed by atoms with E-state index >= 15 is 0 Å². The van der Waals surface area contributed by atoms with E-state index in [1.807, 2.05) is 6.07 Å². The van der Waals surface area contributed by atoms with E-state index in [2.05, 4.69) is 4.98 Å². The van der Waals surface area contributed by atoms with Crippen LogP contribution in [-0.2, 0) is 0 Å². The Morgan fingerprint density at radius 1 is 1.20 bits per heavy atom. The minimum Gasteiger partial charge on any atom is -0.454 e. The van der Waals surface area contributed by atoms with Gasteiger partial charge in [0.1, 0.15) is 5.92 Å². The molecule has 5 nitrogen and oxygen atoms in total. The zero-order valence-corrected chi connectivity index (χ0v) is 10.4. The Labute approximate surface area is 115 Å². The van der Waals surface area contributed by atoms with Crippen LogP contribution in [0.5, 0.6) is 11.5 Å². The predicted molar refractivity (Wildman–Crippen MR) is 69.5 cm³/mol. The van der Waals surface area contributed by atoms with Crippen molar-refractivity contribution in [1.29, 1.82) is 5.26 Å². The Balaban J connectivity index is 1.95. The highest BCUT2D eigenvalue weighted by atomic mass is 16.7. The van der Waals surface area contributed by atoms with Gasteiger partial charge in [-0.1, -0.05) is 6.07 Å². The third-order valence-corrected chi connectivity index (χ3v) is 3.09. The molecule has 2 aromatic rings. The molecule has 1 aromatic carbocycles. The zero-order chi connectivity index (χ0) is 13.9. The van der Waals surface area contributed by atoms with E-state index in [1.165, 1.54) is 12.4 Å². The number of nitrogens with zero attached hydrogens (tertiary/aromatic N) is 2. The number of carbonyl (C=O) groups is 1. The monoisotopic (exact) mass is 266 g/mol. The summed E-state index contributed by atoms with van der Waals surface area (Å²) in [6.07, 6.45) is 3.06. The van der Waals surface area contributed by atoms with E-state index in [9.17, 15) is 10.1 Å². The van der Waals surface area contributed by atoms with Crippen LogP contribution in [0.4, 0.5) is 0 Å². The van der Waals surface area contributed by atoms with E-state index in [0.29, 0.717) is 22.6 Å². The van der Waals surface area contributed by atoms with Crippen molar-refractivity contribution in [2.45, 2.75) is 5.92 Å². The number of aromatic nitrogens is 1. The van der Waals surface area contributed by atoms with Crippen LogP contribution in [0.2, 0.25) is 0 Å². The van der Waals surface area contributed by atoms with Crippen LogP contribution in [0, 0.1) is 11.3 Å². The standard InChI is InChI=1S/C15H10N2O3/c16-8-12(15(18)10-3-5-17-6-4-10)11-1-2-13-14(7-11)20-9-19-13/h1-7,12H,9H2. The quantitative estimate of drug-likeness (QED) is 0.797. The summed E-state index contributed by atoms with van der Waals surface area (Å²) in [5.74, 6) is 0.0627. The summed E-state index contributed by atoms with van der Waals surface area (Å²) in [4.78, 5) is 16.2. The number of fused-ring (bicyclic) bond motifs is 1. The van der Waals surface area contributed by atoms with Crippen molar-refractivity contribution in [2.75, 3.05) is 6.79 Å². The Morgan fingerprint density at radius 3 is 2.70 bits per heavy atom. The van der Waals surface area contributed by atoms with E-state index in [1.54, 1.807) is 30.3 Å². The molecule has 0 saturated carbocycles. The van der Waals surface area contributed by atoms with Crippen molar-refractivity contribution in [2.24, 2.45) is 0 Å². The van der Waals surface area contributed by atoms with Gasteiger partial charge in [-0.15, -0.1) is 0 Å². The van der Waals surface area contributed by atoms with Gasteiger partial charge >= 0.3 is 0 Å². The first kappa shape index (κ1) is 12.2. The Hall–Kier alpha value is -2.87. The van der Waals surface area contributed by atoms with Gasteiger partial charge in [-0.2, -0.15) is 5.26 Å². The van der Waals surface area contributed by atoms with Crippen molar-refractivity contribution in [3.8, 4) is 17.6 Å². The molecule has 3 rings (SSSR count). The number of hydrogen-bond donors (Lipinski definition) is 0. The lowest BCUT2D eigenvalue weighted by Crippen LogP contribution is -2.11. The fraction of sp³-hybridized carbons (Fsp3) is 0.133. The van der Waals surface area contributed by atoms with Crippen molar-refractivity contribution in [1.82, 2.24) is 4.98 Å². The first-order valence-corrected chi connectivity index (χ1v) is 6.03. The summed E-state index contributed by atoms with van der Waals surface area (Å²) in [5, 5.41) is 9.30. The molecule has 0 saturated heterocycles. The highest BCUT2D eigenvalue weighted by Crippen LogP contribution is 2.35. The Kier molecular flexibility index (Phi) is 3.05. The van der Waals surface area contributed by atoms with Gasteiger partial charge in [0.05, 0.1) is 6.07 Å². The normalized spacial score (nSPS) is 13.6. The number of rotatable bonds is 3. The fourth-order valence-corrected chi connectivity index (χ4v) is 2.06. The summed E-state index contributed by atoms with van der Waals surface area (Å²) in [7, 11) is 0. The molecule has 0 bridgehead atoms. The molecule has 2 heterocycles. The molecule has 0 fully saturated rings. The summed E-state index contributed by atoms with van der Waals surface area (Å²) in [5.41, 5.74) is 1.06. The molecule has 0 N–H and O–H groups in total. The van der Waals surface area contributed by atoms with Gasteiger partial charge in [0.15, 0.2) is 17.3 Å². The molecule has 0 spiro atoms. The second-order valence-corrected chi connectivity index (χ2v) is 4.27. The van der Waals surface area contributed by atoms with Crippen LogP contribution in [0.1, 0.15) is 21.8 Å². The molecule has 1 unspecified atom stereocenters. The van der Waals surface area contributed by atoms with E-state index in [0.717, 1.165) is 0 Å². The minimum atomic E-state index is -0.869. The van der Waals surface area contributed by atoms with E-state index in [4.69, 9.17) is 9.47 Å². The number of ketones is 1. The number of Topliss-reactive ketones (excluding diaryl/α,β-unsaturated/α-hetero) is 1. The van der Waals surface area contributed by atoms with E-state index in [-0.39, 0.29) is 12.6 Å². The van der Waals surface area contributed by atoms with Gasteiger partial charge in [0, 0.05) is 18.0 Å².